The fourth-order valence-corrected chi connectivity index (χ4v) is 1.52. The summed E-state index contributed by atoms with van der Waals surface area (Å²) >= 11 is 0. The summed E-state index contributed by atoms with van der Waals surface area (Å²) in [5, 5.41) is 3.71. The second-order valence-corrected chi connectivity index (χ2v) is 3.51. The van der Waals surface area contributed by atoms with Crippen LogP contribution in [0.2, 0.25) is 0 Å². The third-order valence-corrected chi connectivity index (χ3v) is 2.40. The molecular weight excluding hydrogens is 206 g/mol. The van der Waals surface area contributed by atoms with E-state index in [4.69, 9.17) is 4.42 Å². The molecule has 82 valence electrons. The van der Waals surface area contributed by atoms with E-state index in [2.05, 4.69) is 5.32 Å². The highest BCUT2D eigenvalue weighted by Crippen LogP contribution is 2.18. The Kier molecular flexibility index (Phi) is 2.48. The van der Waals surface area contributed by atoms with Gasteiger partial charge in [-0.3, -0.25) is 4.79 Å². The zero-order chi connectivity index (χ0) is 11.7. The van der Waals surface area contributed by atoms with Crippen molar-refractivity contribution in [1.82, 2.24) is 0 Å². The summed E-state index contributed by atoms with van der Waals surface area (Å²) in [5.41, 5.74) is 0.878. The Morgan fingerprint density at radius 1 is 1.31 bits per heavy atom. The monoisotopic (exact) mass is 217 g/mol. The first-order chi connectivity index (χ1) is 7.61. The predicted molar refractivity (Wildman–Crippen MR) is 62.0 cm³/mol. The standard InChI is InChI=1S/C12H11NO3/c1-7(14)10-6-8-5-9(13-2)3-4-11(8)16-12(10)15/h3-6,13H,1-2H3. The molecule has 2 aromatic rings. The Morgan fingerprint density at radius 2 is 2.06 bits per heavy atom. The summed E-state index contributed by atoms with van der Waals surface area (Å²) < 4.78 is 5.05. The van der Waals surface area contributed by atoms with Gasteiger partial charge in [-0.15, -0.1) is 0 Å². The quantitative estimate of drug-likeness (QED) is 0.617. The average Bonchev–Trinajstić information content (AvgIpc) is 2.27. The number of benzene rings is 1. The molecule has 0 aliphatic heterocycles. The van der Waals surface area contributed by atoms with Crippen LogP contribution in [0.3, 0.4) is 0 Å². The van der Waals surface area contributed by atoms with Crippen molar-refractivity contribution in [2.75, 3.05) is 12.4 Å². The number of anilines is 1. The molecule has 0 amide bonds. The van der Waals surface area contributed by atoms with Crippen molar-refractivity contribution in [2.45, 2.75) is 6.92 Å². The molecule has 0 atom stereocenters. The molecular formula is C12H11NO3. The normalized spacial score (nSPS) is 10.4. The van der Waals surface area contributed by atoms with Gasteiger partial charge in [0.15, 0.2) is 5.78 Å². The molecule has 4 heteroatoms. The van der Waals surface area contributed by atoms with Crippen molar-refractivity contribution in [2.24, 2.45) is 0 Å². The van der Waals surface area contributed by atoms with E-state index in [0.717, 1.165) is 11.1 Å². The summed E-state index contributed by atoms with van der Waals surface area (Å²) in [5.74, 6) is -0.287. The Hall–Kier alpha value is -2.10. The lowest BCUT2D eigenvalue weighted by Gasteiger charge is -2.02. The highest BCUT2D eigenvalue weighted by Gasteiger charge is 2.09. The van der Waals surface area contributed by atoms with Gasteiger partial charge in [0.2, 0.25) is 0 Å². The lowest BCUT2D eigenvalue weighted by atomic mass is 10.1. The molecule has 0 aliphatic rings. The maximum absolute atomic E-state index is 11.4. The number of carbonyl (C=O) groups excluding carboxylic acids is 1. The molecule has 0 radical (unpaired) electrons. The van der Waals surface area contributed by atoms with Gasteiger partial charge in [-0.05, 0) is 31.2 Å². The van der Waals surface area contributed by atoms with Crippen LogP contribution in [0.15, 0.2) is 33.5 Å². The van der Waals surface area contributed by atoms with E-state index in [0.29, 0.717) is 5.58 Å². The fraction of sp³-hybridized carbons (Fsp3) is 0.167. The van der Waals surface area contributed by atoms with Gasteiger partial charge in [0.25, 0.3) is 0 Å². The van der Waals surface area contributed by atoms with Crippen LogP contribution < -0.4 is 10.9 Å². The molecule has 0 saturated carbocycles. The van der Waals surface area contributed by atoms with Crippen molar-refractivity contribution in [3.8, 4) is 0 Å². The van der Waals surface area contributed by atoms with Crippen LogP contribution in [-0.4, -0.2) is 12.8 Å². The van der Waals surface area contributed by atoms with Crippen LogP contribution in [0.5, 0.6) is 0 Å². The van der Waals surface area contributed by atoms with Crippen LogP contribution in [0.1, 0.15) is 17.3 Å². The molecule has 1 N–H and O–H groups in total. The van der Waals surface area contributed by atoms with Gasteiger partial charge >= 0.3 is 5.63 Å². The predicted octanol–water partition coefficient (Wildman–Crippen LogP) is 2.04. The molecule has 0 fully saturated rings. The van der Waals surface area contributed by atoms with Crippen molar-refractivity contribution >= 4 is 22.4 Å². The SMILES string of the molecule is CNc1ccc2oc(=O)c(C(C)=O)cc2c1. The second-order valence-electron chi connectivity index (χ2n) is 3.51. The van der Waals surface area contributed by atoms with Gasteiger partial charge in [-0.2, -0.15) is 0 Å². The number of carbonyl (C=O) groups is 1. The molecule has 4 nitrogen and oxygen atoms in total. The van der Waals surface area contributed by atoms with E-state index in [9.17, 15) is 9.59 Å². The van der Waals surface area contributed by atoms with Gasteiger partial charge in [-0.25, -0.2) is 4.79 Å². The Balaban J connectivity index is 2.75. The maximum Gasteiger partial charge on any atom is 0.347 e. The minimum Gasteiger partial charge on any atom is -0.422 e. The largest absolute Gasteiger partial charge is 0.422 e. The number of rotatable bonds is 2. The molecule has 1 aromatic carbocycles. The highest BCUT2D eigenvalue weighted by molar-refractivity contribution is 5.96. The van der Waals surface area contributed by atoms with Gasteiger partial charge in [0.1, 0.15) is 11.1 Å². The molecule has 16 heavy (non-hydrogen) atoms. The number of hydrogen-bond acceptors (Lipinski definition) is 4. The Labute approximate surface area is 91.9 Å². The summed E-state index contributed by atoms with van der Waals surface area (Å²) in [4.78, 5) is 22.6. The second kappa shape index (κ2) is 3.81. The average molecular weight is 217 g/mol. The molecule has 0 unspecified atom stereocenters. The fourth-order valence-electron chi connectivity index (χ4n) is 1.52. The third-order valence-electron chi connectivity index (χ3n) is 2.40. The molecule has 1 heterocycles. The Bertz CT molecular complexity index is 613. The molecule has 0 aliphatic carbocycles. The van der Waals surface area contributed by atoms with Gasteiger partial charge < -0.3 is 9.73 Å². The van der Waals surface area contributed by atoms with Crippen LogP contribution in [0, 0.1) is 0 Å². The van der Waals surface area contributed by atoms with Crippen molar-refractivity contribution in [1.29, 1.82) is 0 Å². The minimum atomic E-state index is -0.586. The topological polar surface area (TPSA) is 59.3 Å². The van der Waals surface area contributed by atoms with Crippen molar-refractivity contribution < 1.29 is 9.21 Å². The van der Waals surface area contributed by atoms with E-state index in [1.807, 2.05) is 6.07 Å². The molecule has 1 aromatic heterocycles. The van der Waals surface area contributed by atoms with E-state index in [-0.39, 0.29) is 11.3 Å². The van der Waals surface area contributed by atoms with Crippen LogP contribution in [0.4, 0.5) is 5.69 Å². The summed E-state index contributed by atoms with van der Waals surface area (Å²) in [6, 6.07) is 6.89. The number of nitrogens with one attached hydrogen (secondary N) is 1. The first kappa shape index (κ1) is 10.4. The van der Waals surface area contributed by atoms with Crippen LogP contribution >= 0.6 is 0 Å². The van der Waals surface area contributed by atoms with Crippen molar-refractivity contribution in [3.63, 3.8) is 0 Å². The molecule has 2 rings (SSSR count). The van der Waals surface area contributed by atoms with Crippen molar-refractivity contribution in [3.05, 3.63) is 40.2 Å². The smallest absolute Gasteiger partial charge is 0.347 e. The van der Waals surface area contributed by atoms with E-state index >= 15 is 0 Å². The summed E-state index contributed by atoms with van der Waals surface area (Å²) in [7, 11) is 1.80. The summed E-state index contributed by atoms with van der Waals surface area (Å²) in [6.07, 6.45) is 0. The first-order valence-electron chi connectivity index (χ1n) is 4.88. The zero-order valence-corrected chi connectivity index (χ0v) is 9.03. The highest BCUT2D eigenvalue weighted by atomic mass is 16.4. The van der Waals surface area contributed by atoms with E-state index in [1.165, 1.54) is 6.92 Å². The molecule has 0 bridgehead atoms. The number of Topliss-reactive ketones (excluding diaryl/α,β-unsaturated/α-hetero) is 1. The van der Waals surface area contributed by atoms with Gasteiger partial charge in [0, 0.05) is 18.1 Å². The summed E-state index contributed by atoms with van der Waals surface area (Å²) in [6.45, 7) is 1.35. The minimum absolute atomic E-state index is 0.0840. The Morgan fingerprint density at radius 3 is 2.69 bits per heavy atom. The van der Waals surface area contributed by atoms with Gasteiger partial charge in [-0.1, -0.05) is 0 Å². The third kappa shape index (κ3) is 1.69. The molecule has 0 spiro atoms. The van der Waals surface area contributed by atoms with E-state index in [1.54, 1.807) is 25.2 Å². The van der Waals surface area contributed by atoms with E-state index < -0.39 is 5.63 Å². The number of ketones is 1. The van der Waals surface area contributed by atoms with Gasteiger partial charge in [0.05, 0.1) is 0 Å². The lowest BCUT2D eigenvalue weighted by molar-refractivity contribution is 0.101. The van der Waals surface area contributed by atoms with Crippen LogP contribution in [0.25, 0.3) is 11.0 Å². The number of fused-ring (bicyclic) bond motifs is 1. The maximum atomic E-state index is 11.4. The number of hydrogen-bond donors (Lipinski definition) is 1. The lowest BCUT2D eigenvalue weighted by Crippen LogP contribution is -2.10. The molecule has 0 saturated heterocycles. The van der Waals surface area contributed by atoms with Crippen LogP contribution in [-0.2, 0) is 0 Å². The zero-order valence-electron chi connectivity index (χ0n) is 9.03. The first-order valence-corrected chi connectivity index (χ1v) is 4.88.